The van der Waals surface area contributed by atoms with Crippen molar-refractivity contribution in [1.82, 2.24) is 25.1 Å². The molecule has 5 rings (SSSR count). The van der Waals surface area contributed by atoms with Gasteiger partial charge in [0.2, 0.25) is 11.7 Å². The van der Waals surface area contributed by atoms with E-state index in [9.17, 15) is 14.4 Å². The third-order valence-electron chi connectivity index (χ3n) is 7.19. The van der Waals surface area contributed by atoms with Crippen molar-refractivity contribution in [2.45, 2.75) is 37.4 Å². The minimum atomic E-state index is -1.46. The Labute approximate surface area is 230 Å². The monoisotopic (exact) mass is 564 g/mol. The number of halogens is 2. The predicted molar refractivity (Wildman–Crippen MR) is 147 cm³/mol. The predicted octanol–water partition coefficient (Wildman–Crippen LogP) is 2.86. The van der Waals surface area contributed by atoms with Crippen molar-refractivity contribution in [3.8, 4) is 0 Å². The van der Waals surface area contributed by atoms with Gasteiger partial charge < -0.3 is 25.8 Å². The number of likely N-dealkylation sites (N-methyl/N-ethyl adjacent to an activating group) is 1. The zero-order chi connectivity index (χ0) is 25.8. The van der Waals surface area contributed by atoms with Crippen LogP contribution in [0.2, 0.25) is 5.02 Å². The molecule has 1 aliphatic carbocycles. The van der Waals surface area contributed by atoms with Crippen molar-refractivity contribution >= 4 is 63.8 Å². The molecular weight excluding hydrogens is 535 g/mol. The molecule has 3 heterocycles. The fourth-order valence-electron chi connectivity index (χ4n) is 5.24. The van der Waals surface area contributed by atoms with Crippen molar-refractivity contribution in [2.24, 2.45) is 11.7 Å². The highest BCUT2D eigenvalue weighted by molar-refractivity contribution is 7.13. The molecule has 0 bridgehead atoms. The molecule has 1 aliphatic heterocycles. The minimum Gasteiger partial charge on any atom is -0.352 e. The number of rotatable bonds is 5. The van der Waals surface area contributed by atoms with Gasteiger partial charge in [-0.3, -0.25) is 14.4 Å². The summed E-state index contributed by atoms with van der Waals surface area (Å²) in [6.45, 7) is 1.65. The molecule has 198 valence electrons. The number of ketones is 1. The van der Waals surface area contributed by atoms with Gasteiger partial charge in [-0.1, -0.05) is 11.6 Å². The van der Waals surface area contributed by atoms with Crippen LogP contribution in [0.1, 0.15) is 43.7 Å². The molecule has 3 atom stereocenters. The normalized spacial score (nSPS) is 23.4. The molecule has 0 spiro atoms. The first-order valence-electron chi connectivity index (χ1n) is 11.9. The second-order valence-corrected chi connectivity index (χ2v) is 11.6. The molecule has 2 aliphatic rings. The van der Waals surface area contributed by atoms with Gasteiger partial charge in [-0.15, -0.1) is 23.7 Å². The van der Waals surface area contributed by atoms with Crippen LogP contribution in [0, 0.1) is 5.92 Å². The van der Waals surface area contributed by atoms with Crippen LogP contribution in [0.3, 0.4) is 0 Å². The number of aromatic amines is 1. The zero-order valence-electron chi connectivity index (χ0n) is 20.8. The molecule has 1 fully saturated rings. The second-order valence-electron chi connectivity index (χ2n) is 10.1. The van der Waals surface area contributed by atoms with Gasteiger partial charge in [-0.25, -0.2) is 4.98 Å². The number of hydrogen-bond donors (Lipinski definition) is 3. The van der Waals surface area contributed by atoms with E-state index in [2.05, 4.69) is 20.2 Å². The highest BCUT2D eigenvalue weighted by atomic mass is 35.5. The summed E-state index contributed by atoms with van der Waals surface area (Å²) < 4.78 is 0. The fraction of sp³-hybridized carbons (Fsp3) is 0.440. The van der Waals surface area contributed by atoms with Crippen LogP contribution in [-0.4, -0.2) is 76.6 Å². The number of nitrogens with zero attached hydrogens (tertiary/aromatic N) is 3. The Morgan fingerprint density at radius 1 is 1.30 bits per heavy atom. The van der Waals surface area contributed by atoms with Crippen LogP contribution in [0.4, 0.5) is 0 Å². The van der Waals surface area contributed by atoms with Gasteiger partial charge in [-0.05, 0) is 44.2 Å². The van der Waals surface area contributed by atoms with Gasteiger partial charge in [0.15, 0.2) is 5.01 Å². The van der Waals surface area contributed by atoms with Crippen LogP contribution >= 0.6 is 35.3 Å². The summed E-state index contributed by atoms with van der Waals surface area (Å²) in [5, 5.41) is 4.66. The first kappa shape index (κ1) is 27.5. The Bertz CT molecular complexity index is 1370. The number of benzene rings is 1. The van der Waals surface area contributed by atoms with Gasteiger partial charge in [0.05, 0.1) is 17.4 Å². The summed E-state index contributed by atoms with van der Waals surface area (Å²) in [5.74, 6) is -1.33. The van der Waals surface area contributed by atoms with Crippen molar-refractivity contribution < 1.29 is 14.4 Å². The van der Waals surface area contributed by atoms with Crippen molar-refractivity contribution in [3.63, 3.8) is 0 Å². The van der Waals surface area contributed by atoms with E-state index in [-0.39, 0.29) is 42.8 Å². The number of H-pyrrole nitrogens is 1. The quantitative estimate of drug-likeness (QED) is 0.409. The van der Waals surface area contributed by atoms with Gasteiger partial charge in [0.25, 0.3) is 5.91 Å². The summed E-state index contributed by atoms with van der Waals surface area (Å²) in [6, 6.07) is 6.28. The fourth-order valence-corrected chi connectivity index (χ4v) is 6.51. The molecule has 3 unspecified atom stereocenters. The molecule has 1 saturated carbocycles. The lowest BCUT2D eigenvalue weighted by Crippen LogP contribution is -2.60. The number of hydrogen-bond acceptors (Lipinski definition) is 7. The van der Waals surface area contributed by atoms with E-state index in [1.807, 2.05) is 7.05 Å². The van der Waals surface area contributed by atoms with E-state index < -0.39 is 17.5 Å². The van der Waals surface area contributed by atoms with E-state index in [4.69, 9.17) is 17.3 Å². The van der Waals surface area contributed by atoms with E-state index in [0.717, 1.165) is 41.0 Å². The Balaban J connectivity index is 0.00000320. The lowest BCUT2D eigenvalue weighted by Gasteiger charge is -2.30. The Morgan fingerprint density at radius 3 is 2.78 bits per heavy atom. The van der Waals surface area contributed by atoms with E-state index >= 15 is 0 Å². The largest absolute Gasteiger partial charge is 0.352 e. The van der Waals surface area contributed by atoms with Crippen LogP contribution < -0.4 is 11.1 Å². The molecule has 0 radical (unpaired) electrons. The SMILES string of the molecule is CN1CCc2nc(C(=O)NC3CC(C(=O)N(C)C)CC3(N)C(=O)c3cc4cc(Cl)ccc4[nH]3)sc2C1.Cl. The smallest absolute Gasteiger partial charge is 0.280 e. The lowest BCUT2D eigenvalue weighted by molar-refractivity contribution is -0.132. The summed E-state index contributed by atoms with van der Waals surface area (Å²) in [7, 11) is 5.38. The average Bonchev–Trinajstić information content (AvgIpc) is 3.53. The van der Waals surface area contributed by atoms with Crippen molar-refractivity contribution in [3.05, 3.63) is 50.6 Å². The first-order chi connectivity index (χ1) is 17.0. The van der Waals surface area contributed by atoms with Crippen molar-refractivity contribution in [1.29, 1.82) is 0 Å². The van der Waals surface area contributed by atoms with Gasteiger partial charge in [0, 0.05) is 60.3 Å². The van der Waals surface area contributed by atoms with E-state index in [0.29, 0.717) is 15.7 Å². The Morgan fingerprint density at radius 2 is 2.05 bits per heavy atom. The number of nitrogens with two attached hydrogens (primary N) is 1. The molecule has 0 saturated heterocycles. The summed E-state index contributed by atoms with van der Waals surface area (Å²) in [6.07, 6.45) is 1.19. The molecule has 4 N–H and O–H groups in total. The van der Waals surface area contributed by atoms with Gasteiger partial charge in [0.1, 0.15) is 5.54 Å². The van der Waals surface area contributed by atoms with Gasteiger partial charge >= 0.3 is 0 Å². The maximum atomic E-state index is 13.8. The standard InChI is InChI=1S/C25H29ClN6O3S.ClH/c1-31(2)24(35)14-10-20(30-22(34)23-29-17-6-7-32(3)12-19(17)36-23)25(27,11-14)21(33)18-9-13-8-15(26)4-5-16(13)28-18;/h4-5,8-9,14,20,28H,6-7,10-12,27H2,1-3H3,(H,30,34);1H. The van der Waals surface area contributed by atoms with Crippen LogP contribution in [0.25, 0.3) is 10.9 Å². The zero-order valence-corrected chi connectivity index (χ0v) is 23.2. The number of aromatic nitrogens is 2. The molecule has 2 aromatic heterocycles. The molecule has 2 amide bonds. The van der Waals surface area contributed by atoms with Crippen molar-refractivity contribution in [2.75, 3.05) is 27.7 Å². The maximum Gasteiger partial charge on any atom is 0.280 e. The Kier molecular flexibility index (Phi) is 7.69. The number of carbonyl (C=O) groups is 3. The number of fused-ring (bicyclic) bond motifs is 2. The summed E-state index contributed by atoms with van der Waals surface area (Å²) >= 11 is 7.48. The average molecular weight is 566 g/mol. The maximum absolute atomic E-state index is 13.8. The minimum absolute atomic E-state index is 0. The van der Waals surface area contributed by atoms with E-state index in [1.54, 1.807) is 38.4 Å². The molecule has 12 heteroatoms. The third-order valence-corrected chi connectivity index (χ3v) is 8.50. The van der Waals surface area contributed by atoms with E-state index in [1.165, 1.54) is 16.2 Å². The number of carbonyl (C=O) groups excluding carboxylic acids is 3. The topological polar surface area (TPSA) is 124 Å². The summed E-state index contributed by atoms with van der Waals surface area (Å²) in [5.41, 5.74) is 7.35. The number of nitrogens with one attached hydrogen (secondary N) is 2. The highest BCUT2D eigenvalue weighted by Crippen LogP contribution is 2.37. The number of amides is 2. The molecule has 3 aromatic rings. The number of Topliss-reactive ketones (excluding diaryl/α,β-unsaturated/α-hetero) is 1. The van der Waals surface area contributed by atoms with Crippen LogP contribution in [-0.2, 0) is 17.8 Å². The molecular formula is C25H30Cl2N6O3S. The first-order valence-corrected chi connectivity index (χ1v) is 13.1. The molecule has 37 heavy (non-hydrogen) atoms. The third kappa shape index (κ3) is 5.13. The Hall–Kier alpha value is -2.50. The second kappa shape index (κ2) is 10.3. The summed E-state index contributed by atoms with van der Waals surface area (Å²) in [4.78, 5) is 52.4. The highest BCUT2D eigenvalue weighted by Gasteiger charge is 2.53. The molecule has 9 nitrogen and oxygen atoms in total. The van der Waals surface area contributed by atoms with Crippen LogP contribution in [0.5, 0.6) is 0 Å². The van der Waals surface area contributed by atoms with Crippen LogP contribution in [0.15, 0.2) is 24.3 Å². The molecule has 1 aromatic carbocycles. The lowest BCUT2D eigenvalue weighted by atomic mass is 9.86. The van der Waals surface area contributed by atoms with Gasteiger partial charge in [-0.2, -0.15) is 0 Å². The number of thiazole rings is 1.